The van der Waals surface area contributed by atoms with Gasteiger partial charge in [-0.25, -0.2) is 19.6 Å². The number of imidazole rings is 1. The van der Waals surface area contributed by atoms with E-state index in [4.69, 9.17) is 24.5 Å². The Hall–Kier alpha value is -3.52. The summed E-state index contributed by atoms with van der Waals surface area (Å²) in [4.78, 5) is 32.0. The summed E-state index contributed by atoms with van der Waals surface area (Å²) in [6, 6.07) is 9.50. The van der Waals surface area contributed by atoms with Gasteiger partial charge in [0.05, 0.1) is 0 Å². The molecule has 0 bridgehead atoms. The number of carboxylic acid groups (broad SMARTS) is 2. The SMILES string of the molecule is O=C(O)C(F)(F)F.O=C(O)C(F)(F)F.OC(COc1ccc(-c2nc3cc(Br)cnc3[nH]2)cc1)CN1CCN(O)CC1. The maximum Gasteiger partial charge on any atom is 0.490 e. The molecule has 0 amide bonds. The first-order valence-electron chi connectivity index (χ1n) is 11.6. The fourth-order valence-corrected chi connectivity index (χ4v) is 3.50. The first-order chi connectivity index (χ1) is 19.5. The summed E-state index contributed by atoms with van der Waals surface area (Å²) in [7, 11) is 0. The summed E-state index contributed by atoms with van der Waals surface area (Å²) in [6.07, 6.45) is -9.01. The van der Waals surface area contributed by atoms with Crippen LogP contribution in [0.25, 0.3) is 22.6 Å². The lowest BCUT2D eigenvalue weighted by molar-refractivity contribution is -0.193. The monoisotopic (exact) mass is 675 g/mol. The number of aromatic nitrogens is 3. The summed E-state index contributed by atoms with van der Waals surface area (Å²) in [5, 5.41) is 35.1. The number of alkyl halides is 6. The molecule has 1 fully saturated rings. The number of aliphatic hydroxyl groups excluding tert-OH is 1. The molecule has 232 valence electrons. The summed E-state index contributed by atoms with van der Waals surface area (Å²) >= 11 is 3.40. The number of benzene rings is 1. The zero-order valence-electron chi connectivity index (χ0n) is 21.2. The maximum absolute atomic E-state index is 10.6. The Morgan fingerprint density at radius 2 is 1.52 bits per heavy atom. The standard InChI is InChI=1S/C19H22BrN5O3.2C2HF3O2/c20-14-9-17-19(21-10-14)23-18(22-17)13-1-3-16(4-2-13)28-12-15(26)11-24-5-7-25(27)8-6-24;2*3-2(4,5)1(6)7/h1-4,9-10,15,26-27H,5-8,11-12H2,(H,21,22,23);2*(H,6,7). The van der Waals surface area contributed by atoms with Crippen molar-refractivity contribution < 1.29 is 61.2 Å². The summed E-state index contributed by atoms with van der Waals surface area (Å²) < 4.78 is 70.1. The average molecular weight is 676 g/mol. The Morgan fingerprint density at radius 1 is 1.00 bits per heavy atom. The van der Waals surface area contributed by atoms with Crippen molar-refractivity contribution in [3.8, 4) is 17.1 Å². The second kappa shape index (κ2) is 15.1. The number of H-pyrrole nitrogens is 1. The van der Waals surface area contributed by atoms with Crippen LogP contribution in [0.5, 0.6) is 5.75 Å². The molecule has 1 aromatic carbocycles. The number of rotatable bonds is 6. The van der Waals surface area contributed by atoms with Crippen LogP contribution in [-0.2, 0) is 9.59 Å². The van der Waals surface area contributed by atoms with Crippen LogP contribution in [0.3, 0.4) is 0 Å². The Bertz CT molecular complexity index is 1290. The van der Waals surface area contributed by atoms with E-state index in [-0.39, 0.29) is 6.61 Å². The minimum Gasteiger partial charge on any atom is -0.491 e. The van der Waals surface area contributed by atoms with E-state index in [0.717, 1.165) is 40.1 Å². The number of nitrogens with zero attached hydrogens (tertiary/aromatic N) is 4. The molecule has 1 atom stereocenters. The molecular formula is C23H24BrF6N5O7. The number of carboxylic acids is 2. The van der Waals surface area contributed by atoms with Gasteiger partial charge in [0.1, 0.15) is 29.8 Å². The van der Waals surface area contributed by atoms with Crippen LogP contribution in [0.15, 0.2) is 41.0 Å². The number of carbonyl (C=O) groups is 2. The van der Waals surface area contributed by atoms with Gasteiger partial charge >= 0.3 is 24.3 Å². The Labute approximate surface area is 241 Å². The number of pyridine rings is 1. The molecule has 0 aliphatic carbocycles. The van der Waals surface area contributed by atoms with Gasteiger partial charge in [-0.3, -0.25) is 4.90 Å². The minimum absolute atomic E-state index is 0.223. The van der Waals surface area contributed by atoms with Crippen molar-refractivity contribution in [3.05, 3.63) is 41.0 Å². The van der Waals surface area contributed by atoms with Gasteiger partial charge in [0.15, 0.2) is 5.65 Å². The summed E-state index contributed by atoms with van der Waals surface area (Å²) in [5.41, 5.74) is 2.47. The van der Waals surface area contributed by atoms with E-state index in [1.54, 1.807) is 6.20 Å². The molecule has 3 aromatic rings. The van der Waals surface area contributed by atoms with E-state index in [1.807, 2.05) is 30.3 Å². The van der Waals surface area contributed by atoms with Crippen molar-refractivity contribution in [3.63, 3.8) is 0 Å². The van der Waals surface area contributed by atoms with Crippen molar-refractivity contribution in [1.29, 1.82) is 0 Å². The lowest BCUT2D eigenvalue weighted by Gasteiger charge is -2.32. The predicted octanol–water partition coefficient (Wildman–Crippen LogP) is 3.40. The zero-order valence-corrected chi connectivity index (χ0v) is 22.8. The number of hydroxylamine groups is 2. The highest BCUT2D eigenvalue weighted by Gasteiger charge is 2.38. The van der Waals surface area contributed by atoms with E-state index in [1.165, 1.54) is 5.06 Å². The summed E-state index contributed by atoms with van der Waals surface area (Å²) in [5.74, 6) is -4.07. The minimum atomic E-state index is -5.08. The van der Waals surface area contributed by atoms with Gasteiger partial charge in [-0.1, -0.05) is 0 Å². The molecule has 12 nitrogen and oxygen atoms in total. The topological polar surface area (TPSA) is 172 Å². The number of aromatic amines is 1. The van der Waals surface area contributed by atoms with Gasteiger partial charge in [-0.15, -0.1) is 0 Å². The highest BCUT2D eigenvalue weighted by molar-refractivity contribution is 9.10. The van der Waals surface area contributed by atoms with Crippen LogP contribution in [0.2, 0.25) is 0 Å². The molecule has 0 spiro atoms. The van der Waals surface area contributed by atoms with Crippen LogP contribution in [0.1, 0.15) is 0 Å². The quantitative estimate of drug-likeness (QED) is 0.243. The van der Waals surface area contributed by atoms with Crippen molar-refractivity contribution in [1.82, 2.24) is 24.9 Å². The third-order valence-electron chi connectivity index (χ3n) is 5.18. The van der Waals surface area contributed by atoms with Crippen molar-refractivity contribution >= 4 is 39.0 Å². The number of nitrogens with one attached hydrogen (secondary N) is 1. The van der Waals surface area contributed by atoms with E-state index in [0.29, 0.717) is 25.4 Å². The molecule has 1 aliphatic heterocycles. The highest BCUT2D eigenvalue weighted by Crippen LogP contribution is 2.23. The third kappa shape index (κ3) is 11.8. The van der Waals surface area contributed by atoms with Crippen LogP contribution in [-0.4, -0.2) is 115 Å². The van der Waals surface area contributed by atoms with E-state index < -0.39 is 30.4 Å². The van der Waals surface area contributed by atoms with Gasteiger partial charge in [0, 0.05) is 49.0 Å². The second-order valence-electron chi connectivity index (χ2n) is 8.46. The van der Waals surface area contributed by atoms with E-state index in [9.17, 15) is 36.7 Å². The number of aliphatic carboxylic acids is 2. The molecular weight excluding hydrogens is 652 g/mol. The third-order valence-corrected chi connectivity index (χ3v) is 5.61. The Morgan fingerprint density at radius 3 is 2.02 bits per heavy atom. The molecule has 1 aliphatic rings. The van der Waals surface area contributed by atoms with Gasteiger partial charge in [-0.2, -0.15) is 31.4 Å². The maximum atomic E-state index is 10.6. The Balaban J connectivity index is 0.000000367. The van der Waals surface area contributed by atoms with E-state index >= 15 is 0 Å². The Kier molecular flexibility index (Phi) is 12.5. The normalized spacial score (nSPS) is 15.2. The van der Waals surface area contributed by atoms with Gasteiger partial charge < -0.3 is 30.2 Å². The molecule has 3 heterocycles. The number of piperazine rings is 1. The number of halogens is 7. The van der Waals surface area contributed by atoms with E-state index in [2.05, 4.69) is 35.8 Å². The number of ether oxygens (including phenoxy) is 1. The number of β-amino-alcohol motifs (C(OH)–C–C–N with tert-alkyl or cyclic N) is 1. The fraction of sp³-hybridized carbons (Fsp3) is 0.391. The highest BCUT2D eigenvalue weighted by atomic mass is 79.9. The summed E-state index contributed by atoms with van der Waals surface area (Å²) in [6.45, 7) is 3.44. The molecule has 1 unspecified atom stereocenters. The van der Waals surface area contributed by atoms with Crippen LogP contribution in [0, 0.1) is 0 Å². The van der Waals surface area contributed by atoms with Gasteiger partial charge in [0.25, 0.3) is 0 Å². The second-order valence-corrected chi connectivity index (χ2v) is 9.37. The first-order valence-corrected chi connectivity index (χ1v) is 12.4. The van der Waals surface area contributed by atoms with Crippen molar-refractivity contribution in [2.24, 2.45) is 0 Å². The van der Waals surface area contributed by atoms with Crippen molar-refractivity contribution in [2.45, 2.75) is 18.5 Å². The molecule has 4 rings (SSSR count). The van der Waals surface area contributed by atoms with Crippen LogP contribution in [0.4, 0.5) is 26.3 Å². The molecule has 42 heavy (non-hydrogen) atoms. The lowest BCUT2D eigenvalue weighted by Crippen LogP contribution is -2.48. The number of fused-ring (bicyclic) bond motifs is 1. The number of hydrogen-bond donors (Lipinski definition) is 5. The predicted molar refractivity (Wildman–Crippen MR) is 136 cm³/mol. The van der Waals surface area contributed by atoms with Gasteiger partial charge in [-0.05, 0) is 46.3 Å². The molecule has 0 radical (unpaired) electrons. The molecule has 2 aromatic heterocycles. The van der Waals surface area contributed by atoms with Crippen LogP contribution >= 0.6 is 15.9 Å². The zero-order chi connectivity index (χ0) is 31.7. The molecule has 5 N–H and O–H groups in total. The largest absolute Gasteiger partial charge is 0.491 e. The fourth-order valence-electron chi connectivity index (χ4n) is 3.18. The van der Waals surface area contributed by atoms with Gasteiger partial charge in [0.2, 0.25) is 0 Å². The lowest BCUT2D eigenvalue weighted by atomic mass is 10.2. The van der Waals surface area contributed by atoms with Crippen molar-refractivity contribution in [2.75, 3.05) is 39.3 Å². The first kappa shape index (κ1) is 34.7. The molecule has 0 saturated carbocycles. The molecule has 19 heteroatoms. The number of hydrogen-bond acceptors (Lipinski definition) is 9. The average Bonchev–Trinajstić information content (AvgIpc) is 3.32. The smallest absolute Gasteiger partial charge is 0.490 e. The molecule has 1 saturated heterocycles. The van der Waals surface area contributed by atoms with Crippen LogP contribution < -0.4 is 4.74 Å². The number of aliphatic hydroxyl groups is 1.